The van der Waals surface area contributed by atoms with E-state index in [4.69, 9.17) is 27.9 Å². The van der Waals surface area contributed by atoms with Crippen LogP contribution in [0.15, 0.2) is 18.2 Å². The van der Waals surface area contributed by atoms with Crippen LogP contribution < -0.4 is 5.32 Å². The van der Waals surface area contributed by atoms with Crippen LogP contribution in [0.1, 0.15) is 18.6 Å². The molecule has 0 unspecified atom stereocenters. The van der Waals surface area contributed by atoms with Gasteiger partial charge >= 0.3 is 6.09 Å². The molecule has 0 fully saturated rings. The normalized spacial score (nSPS) is 13.9. The monoisotopic (exact) mass is 277 g/mol. The first-order valence-electron chi connectivity index (χ1n) is 4.97. The molecule has 0 radical (unpaired) electrons. The maximum absolute atomic E-state index is 11.0. The van der Waals surface area contributed by atoms with Crippen molar-refractivity contribution >= 4 is 29.3 Å². The van der Waals surface area contributed by atoms with Gasteiger partial charge in [-0.15, -0.1) is 0 Å². The molecule has 0 aliphatic rings. The second-order valence-electron chi connectivity index (χ2n) is 3.44. The number of hydrogen-bond donors (Lipinski definition) is 2. The van der Waals surface area contributed by atoms with E-state index in [0.29, 0.717) is 15.6 Å². The Kier molecular flexibility index (Phi) is 5.05. The van der Waals surface area contributed by atoms with Gasteiger partial charge < -0.3 is 15.2 Å². The third kappa shape index (κ3) is 3.49. The van der Waals surface area contributed by atoms with Crippen LogP contribution >= 0.6 is 23.2 Å². The van der Waals surface area contributed by atoms with Crippen molar-refractivity contribution in [2.24, 2.45) is 0 Å². The summed E-state index contributed by atoms with van der Waals surface area (Å²) in [6.07, 6.45) is -2.46. The lowest BCUT2D eigenvalue weighted by atomic mass is 10.1. The zero-order valence-electron chi connectivity index (χ0n) is 9.41. The van der Waals surface area contributed by atoms with Crippen LogP contribution in [0.25, 0.3) is 0 Å². The van der Waals surface area contributed by atoms with E-state index < -0.39 is 18.3 Å². The molecule has 94 valence electrons. The third-order valence-corrected chi connectivity index (χ3v) is 2.90. The minimum absolute atomic E-state index is 0.331. The first-order valence-corrected chi connectivity index (χ1v) is 5.73. The number of carbonyl (C=O) groups is 1. The van der Waals surface area contributed by atoms with Gasteiger partial charge in [0.15, 0.2) is 0 Å². The number of nitrogens with one attached hydrogen (secondary N) is 1. The fourth-order valence-electron chi connectivity index (χ4n) is 1.32. The van der Waals surface area contributed by atoms with E-state index in [-0.39, 0.29) is 0 Å². The van der Waals surface area contributed by atoms with Gasteiger partial charge in [-0.05, 0) is 19.1 Å². The van der Waals surface area contributed by atoms with Gasteiger partial charge in [0.05, 0.1) is 0 Å². The molecule has 1 aromatic rings. The second-order valence-corrected chi connectivity index (χ2v) is 4.25. The van der Waals surface area contributed by atoms with Crippen molar-refractivity contribution in [2.75, 3.05) is 7.05 Å². The summed E-state index contributed by atoms with van der Waals surface area (Å²) in [4.78, 5) is 11.0. The van der Waals surface area contributed by atoms with E-state index in [1.54, 1.807) is 25.1 Å². The number of aliphatic hydroxyl groups is 1. The highest BCUT2D eigenvalue weighted by Gasteiger charge is 2.24. The van der Waals surface area contributed by atoms with Gasteiger partial charge in [0.1, 0.15) is 12.2 Å². The van der Waals surface area contributed by atoms with Crippen LogP contribution in [0, 0.1) is 0 Å². The van der Waals surface area contributed by atoms with Gasteiger partial charge in [-0.25, -0.2) is 4.79 Å². The number of benzene rings is 1. The summed E-state index contributed by atoms with van der Waals surface area (Å²) in [6, 6.07) is 4.89. The maximum atomic E-state index is 11.0. The molecule has 0 saturated carbocycles. The molecule has 0 heterocycles. The number of rotatable bonds is 3. The van der Waals surface area contributed by atoms with Crippen molar-refractivity contribution in [3.8, 4) is 0 Å². The van der Waals surface area contributed by atoms with E-state index in [9.17, 15) is 9.90 Å². The number of halogens is 2. The van der Waals surface area contributed by atoms with Crippen molar-refractivity contribution < 1.29 is 14.6 Å². The van der Waals surface area contributed by atoms with Crippen LogP contribution in [-0.4, -0.2) is 24.4 Å². The molecular formula is C11H13Cl2NO3. The summed E-state index contributed by atoms with van der Waals surface area (Å²) in [7, 11) is 1.43. The summed E-state index contributed by atoms with van der Waals surface area (Å²) in [5.74, 6) is 0. The Morgan fingerprint density at radius 3 is 2.41 bits per heavy atom. The smallest absolute Gasteiger partial charge is 0.407 e. The van der Waals surface area contributed by atoms with E-state index in [1.807, 2.05) is 0 Å². The predicted octanol–water partition coefficient (Wildman–Crippen LogP) is 2.77. The molecule has 1 amide bonds. The molecule has 2 atom stereocenters. The van der Waals surface area contributed by atoms with Crippen molar-refractivity contribution in [3.63, 3.8) is 0 Å². The second kappa shape index (κ2) is 6.10. The molecule has 17 heavy (non-hydrogen) atoms. The molecule has 0 aliphatic carbocycles. The Labute approximate surface area is 109 Å². The average Bonchev–Trinajstić information content (AvgIpc) is 2.28. The van der Waals surface area contributed by atoms with Gasteiger partial charge in [0.25, 0.3) is 0 Å². The van der Waals surface area contributed by atoms with E-state index in [2.05, 4.69) is 5.32 Å². The molecular weight excluding hydrogens is 265 g/mol. The van der Waals surface area contributed by atoms with Crippen molar-refractivity contribution in [3.05, 3.63) is 33.8 Å². The average molecular weight is 278 g/mol. The van der Waals surface area contributed by atoms with Gasteiger partial charge in [0.2, 0.25) is 0 Å². The van der Waals surface area contributed by atoms with E-state index in [1.165, 1.54) is 7.05 Å². The van der Waals surface area contributed by atoms with Gasteiger partial charge in [-0.1, -0.05) is 29.3 Å². The molecule has 1 rings (SSSR count). The summed E-state index contributed by atoms with van der Waals surface area (Å²) >= 11 is 11.9. The lowest BCUT2D eigenvalue weighted by molar-refractivity contribution is 0.0128. The highest BCUT2D eigenvalue weighted by molar-refractivity contribution is 6.36. The van der Waals surface area contributed by atoms with Gasteiger partial charge in [0, 0.05) is 22.7 Å². The van der Waals surface area contributed by atoms with Gasteiger partial charge in [-0.3, -0.25) is 0 Å². The first kappa shape index (κ1) is 14.1. The molecule has 4 nitrogen and oxygen atoms in total. The van der Waals surface area contributed by atoms with Crippen LogP contribution in [0.5, 0.6) is 0 Å². The highest BCUT2D eigenvalue weighted by atomic mass is 35.5. The first-order chi connectivity index (χ1) is 7.97. The molecule has 2 N–H and O–H groups in total. The SMILES string of the molecule is CNC(=O)O[C@@H](C)[C@@H](O)c1c(Cl)cccc1Cl. The standard InChI is InChI=1S/C11H13Cl2NO3/c1-6(17-11(16)14-2)10(15)9-7(12)4-3-5-8(9)13/h3-6,10,15H,1-2H3,(H,14,16)/t6-,10+/m0/s1. The maximum Gasteiger partial charge on any atom is 0.407 e. The lowest BCUT2D eigenvalue weighted by Gasteiger charge is -2.21. The number of ether oxygens (including phenoxy) is 1. The highest BCUT2D eigenvalue weighted by Crippen LogP contribution is 2.32. The molecule has 0 aromatic heterocycles. The zero-order chi connectivity index (χ0) is 13.0. The quantitative estimate of drug-likeness (QED) is 0.893. The van der Waals surface area contributed by atoms with E-state index in [0.717, 1.165) is 0 Å². The van der Waals surface area contributed by atoms with Crippen LogP contribution in [-0.2, 0) is 4.74 Å². The zero-order valence-corrected chi connectivity index (χ0v) is 10.9. The summed E-state index contributed by atoms with van der Waals surface area (Å²) in [5.41, 5.74) is 0.354. The molecule has 0 bridgehead atoms. The predicted molar refractivity (Wildman–Crippen MR) is 66.4 cm³/mol. The Balaban J connectivity index is 2.88. The topological polar surface area (TPSA) is 58.6 Å². The Bertz CT molecular complexity index is 391. The largest absolute Gasteiger partial charge is 0.443 e. The molecule has 1 aromatic carbocycles. The van der Waals surface area contributed by atoms with Crippen molar-refractivity contribution in [2.45, 2.75) is 19.1 Å². The number of amides is 1. The van der Waals surface area contributed by atoms with Crippen molar-refractivity contribution in [1.29, 1.82) is 0 Å². The molecule has 0 aliphatic heterocycles. The fourth-order valence-corrected chi connectivity index (χ4v) is 1.94. The fraction of sp³-hybridized carbons (Fsp3) is 0.364. The molecule has 6 heteroatoms. The number of hydrogen-bond acceptors (Lipinski definition) is 3. The Morgan fingerprint density at radius 2 is 1.94 bits per heavy atom. The third-order valence-electron chi connectivity index (χ3n) is 2.24. The summed E-state index contributed by atoms with van der Waals surface area (Å²) in [6.45, 7) is 1.56. The Hall–Kier alpha value is -0.970. The minimum atomic E-state index is -1.08. The summed E-state index contributed by atoms with van der Waals surface area (Å²) in [5, 5.41) is 13.0. The molecule has 0 spiro atoms. The van der Waals surface area contributed by atoms with Gasteiger partial charge in [-0.2, -0.15) is 0 Å². The van der Waals surface area contributed by atoms with Crippen LogP contribution in [0.2, 0.25) is 10.0 Å². The molecule has 0 saturated heterocycles. The minimum Gasteiger partial charge on any atom is -0.443 e. The number of alkyl carbamates (subject to hydrolysis) is 1. The number of aliphatic hydroxyl groups excluding tert-OH is 1. The van der Waals surface area contributed by atoms with Crippen LogP contribution in [0.4, 0.5) is 4.79 Å². The summed E-state index contributed by atoms with van der Waals surface area (Å²) < 4.78 is 4.91. The van der Waals surface area contributed by atoms with Crippen molar-refractivity contribution in [1.82, 2.24) is 5.32 Å². The Morgan fingerprint density at radius 1 is 1.41 bits per heavy atom. The lowest BCUT2D eigenvalue weighted by Crippen LogP contribution is -2.28. The number of carbonyl (C=O) groups excluding carboxylic acids is 1. The van der Waals surface area contributed by atoms with Crippen LogP contribution in [0.3, 0.4) is 0 Å². The van der Waals surface area contributed by atoms with E-state index >= 15 is 0 Å².